The summed E-state index contributed by atoms with van der Waals surface area (Å²) in [5.41, 5.74) is 1.33. The van der Waals surface area contributed by atoms with E-state index in [0.717, 1.165) is 5.56 Å². The van der Waals surface area contributed by atoms with Gasteiger partial charge >= 0.3 is 59.1 Å². The molecular formula is C10H8Na2O8S2. The third-order valence-electron chi connectivity index (χ3n) is 1.84. The molecule has 2 N–H and O–H groups in total. The van der Waals surface area contributed by atoms with Crippen molar-refractivity contribution in [2.45, 2.75) is 0 Å². The summed E-state index contributed by atoms with van der Waals surface area (Å²) < 4.78 is 48.2. The van der Waals surface area contributed by atoms with Gasteiger partial charge in [-0.05, 0) is 11.6 Å². The molecule has 0 aromatic heterocycles. The maximum atomic E-state index is 11.2. The molecule has 2 atom stereocenters. The minimum Gasteiger partial charge on any atom is -0.750 e. The Hall–Kier alpha value is 0.440. The van der Waals surface area contributed by atoms with E-state index in [2.05, 4.69) is 0 Å². The molecule has 0 amide bonds. The van der Waals surface area contributed by atoms with Gasteiger partial charge in [-0.1, -0.05) is 30.3 Å². The van der Waals surface area contributed by atoms with Crippen LogP contribution in [0.1, 0.15) is 15.9 Å². The van der Waals surface area contributed by atoms with Gasteiger partial charge in [0.2, 0.25) is 11.6 Å². The molecule has 8 nitrogen and oxygen atoms in total. The summed E-state index contributed by atoms with van der Waals surface area (Å²) in [7, 11) is 0. The minimum absolute atomic E-state index is 0. The molecule has 12 heteroatoms. The summed E-state index contributed by atoms with van der Waals surface area (Å²) in [4.78, 5) is 22.1. The van der Waals surface area contributed by atoms with Crippen LogP contribution in [0.3, 0.4) is 0 Å². The summed E-state index contributed by atoms with van der Waals surface area (Å²) in [6.07, 6.45) is 2.98. The SMILES string of the molecule is O=C1C=Cc2ccccc2C1=O.O=S([O-])O.O=S([O-])O.[Na+].[Na+]. The number of carbonyl (C=O) groups excluding carboxylic acids is 2. The van der Waals surface area contributed by atoms with E-state index in [1.807, 2.05) is 12.1 Å². The van der Waals surface area contributed by atoms with Crippen LogP contribution in [-0.2, 0) is 27.5 Å². The molecule has 0 radical (unpaired) electrons. The van der Waals surface area contributed by atoms with E-state index in [-0.39, 0.29) is 59.1 Å². The number of hydrogen-bond donors (Lipinski definition) is 2. The van der Waals surface area contributed by atoms with Gasteiger partial charge in [-0.2, -0.15) is 0 Å². The number of hydrogen-bond acceptors (Lipinski definition) is 6. The molecule has 0 bridgehead atoms. The summed E-state index contributed by atoms with van der Waals surface area (Å²) in [6, 6.07) is 7.07. The van der Waals surface area contributed by atoms with E-state index in [0.29, 0.717) is 5.56 Å². The van der Waals surface area contributed by atoms with Crippen LogP contribution in [0.25, 0.3) is 6.08 Å². The molecule has 0 fully saturated rings. The average Bonchev–Trinajstić information content (AvgIpc) is 2.33. The molecule has 0 heterocycles. The molecule has 1 aliphatic carbocycles. The van der Waals surface area contributed by atoms with Gasteiger partial charge in [0.15, 0.2) is 0 Å². The fourth-order valence-electron chi connectivity index (χ4n) is 1.22. The van der Waals surface area contributed by atoms with Crippen molar-refractivity contribution in [2.75, 3.05) is 0 Å². The predicted molar refractivity (Wildman–Crippen MR) is 67.9 cm³/mol. The largest absolute Gasteiger partial charge is 1.00 e. The summed E-state index contributed by atoms with van der Waals surface area (Å²) >= 11 is -5.72. The molecule has 0 spiro atoms. The molecule has 2 unspecified atom stereocenters. The Morgan fingerprint density at radius 1 is 0.864 bits per heavy atom. The van der Waals surface area contributed by atoms with E-state index in [1.54, 1.807) is 18.2 Å². The fraction of sp³-hybridized carbons (Fsp3) is 0. The second kappa shape index (κ2) is 15.0. The smallest absolute Gasteiger partial charge is 0.750 e. The van der Waals surface area contributed by atoms with E-state index >= 15 is 0 Å². The summed E-state index contributed by atoms with van der Waals surface area (Å²) in [5.74, 6) is -0.846. The Bertz CT molecular complexity index is 556. The summed E-state index contributed by atoms with van der Waals surface area (Å²) in [6.45, 7) is 0. The maximum absolute atomic E-state index is 11.2. The first kappa shape index (κ1) is 27.3. The van der Waals surface area contributed by atoms with Crippen molar-refractivity contribution < 1.29 is 95.3 Å². The van der Waals surface area contributed by atoms with Crippen molar-refractivity contribution >= 4 is 40.4 Å². The number of ketones is 2. The topological polar surface area (TPSA) is 155 Å². The first-order chi connectivity index (χ1) is 9.25. The van der Waals surface area contributed by atoms with E-state index in [4.69, 9.17) is 26.6 Å². The molecule has 0 saturated heterocycles. The summed E-state index contributed by atoms with van der Waals surface area (Å²) in [5, 5.41) is 0. The van der Waals surface area contributed by atoms with Gasteiger partial charge in [0.25, 0.3) is 0 Å². The van der Waals surface area contributed by atoms with Gasteiger partial charge in [-0.15, -0.1) is 0 Å². The maximum Gasteiger partial charge on any atom is 1.00 e. The van der Waals surface area contributed by atoms with Crippen LogP contribution < -0.4 is 59.1 Å². The molecule has 0 aliphatic heterocycles. The van der Waals surface area contributed by atoms with Crippen molar-refractivity contribution in [1.29, 1.82) is 0 Å². The van der Waals surface area contributed by atoms with Crippen LogP contribution in [0.4, 0.5) is 0 Å². The van der Waals surface area contributed by atoms with Gasteiger partial charge < -0.3 is 18.2 Å². The Labute approximate surface area is 175 Å². The van der Waals surface area contributed by atoms with Crippen LogP contribution in [0.15, 0.2) is 30.3 Å². The van der Waals surface area contributed by atoms with Crippen molar-refractivity contribution in [3.05, 3.63) is 41.5 Å². The van der Waals surface area contributed by atoms with Crippen LogP contribution >= 0.6 is 0 Å². The van der Waals surface area contributed by atoms with Gasteiger partial charge in [0.1, 0.15) is 0 Å². The molecule has 1 aliphatic rings. The van der Waals surface area contributed by atoms with Crippen LogP contribution in [0.5, 0.6) is 0 Å². The van der Waals surface area contributed by atoms with Crippen LogP contribution in [0, 0.1) is 0 Å². The molecule has 22 heavy (non-hydrogen) atoms. The first-order valence-electron chi connectivity index (χ1n) is 4.68. The Morgan fingerprint density at radius 3 is 1.73 bits per heavy atom. The Morgan fingerprint density at radius 2 is 1.27 bits per heavy atom. The zero-order chi connectivity index (χ0) is 15.7. The Kier molecular flexibility index (Phi) is 18.6. The molecule has 0 saturated carbocycles. The van der Waals surface area contributed by atoms with Crippen molar-refractivity contribution in [1.82, 2.24) is 0 Å². The Balaban J connectivity index is -0.000000310. The predicted octanol–water partition coefficient (Wildman–Crippen LogP) is -5.85. The van der Waals surface area contributed by atoms with Gasteiger partial charge in [0.05, 0.1) is 22.7 Å². The standard InChI is InChI=1S/C10H6O2.2Na.2H2O3S/c11-9-6-5-7-3-1-2-4-8(7)10(9)12;;;2*1-4(2)3/h1-6H;;;2*(H2,1,2,3)/q;2*+1;;/p-2. The second-order valence-corrected chi connectivity index (χ2v) is 3.92. The van der Waals surface area contributed by atoms with Gasteiger partial charge in [-0.3, -0.25) is 9.59 Å². The number of Topliss-reactive ketones (excluding diaryl/α,β-unsaturated/α-hetero) is 1. The minimum atomic E-state index is -2.86. The molecular weight excluding hydrogens is 358 g/mol. The van der Waals surface area contributed by atoms with Gasteiger partial charge in [0, 0.05) is 5.56 Å². The number of rotatable bonds is 0. The van der Waals surface area contributed by atoms with E-state index in [9.17, 15) is 9.59 Å². The zero-order valence-electron chi connectivity index (χ0n) is 11.6. The fourth-order valence-corrected chi connectivity index (χ4v) is 1.22. The average molecular weight is 366 g/mol. The molecule has 110 valence electrons. The molecule has 1 aromatic carbocycles. The quantitative estimate of drug-likeness (QED) is 0.261. The van der Waals surface area contributed by atoms with Crippen LogP contribution in [0.2, 0.25) is 0 Å². The molecule has 1 aromatic rings. The van der Waals surface area contributed by atoms with Crippen molar-refractivity contribution in [2.24, 2.45) is 0 Å². The third-order valence-corrected chi connectivity index (χ3v) is 1.84. The van der Waals surface area contributed by atoms with Crippen LogP contribution in [-0.4, -0.2) is 38.2 Å². The number of carbonyl (C=O) groups is 2. The molecule has 2 rings (SSSR count). The van der Waals surface area contributed by atoms with Gasteiger partial charge in [-0.25, -0.2) is 8.42 Å². The first-order valence-corrected chi connectivity index (χ1v) is 6.74. The number of fused-ring (bicyclic) bond motifs is 1. The van der Waals surface area contributed by atoms with Crippen molar-refractivity contribution in [3.8, 4) is 0 Å². The van der Waals surface area contributed by atoms with E-state index < -0.39 is 34.3 Å². The van der Waals surface area contributed by atoms with E-state index in [1.165, 1.54) is 6.08 Å². The number of benzene rings is 1. The monoisotopic (exact) mass is 366 g/mol. The normalized spacial score (nSPS) is 13.6. The van der Waals surface area contributed by atoms with Crippen molar-refractivity contribution in [3.63, 3.8) is 0 Å². The second-order valence-electron chi connectivity index (χ2n) is 3.05. The number of allylic oxidation sites excluding steroid dienone is 1. The zero-order valence-corrected chi connectivity index (χ0v) is 17.3. The third kappa shape index (κ3) is 12.9.